The largest absolute Gasteiger partial charge is 0.325 e. The van der Waals surface area contributed by atoms with E-state index in [0.717, 1.165) is 26.2 Å². The van der Waals surface area contributed by atoms with Crippen LogP contribution in [0.3, 0.4) is 0 Å². The Morgan fingerprint density at radius 3 is 2.81 bits per heavy atom. The Hall–Kier alpha value is -1.89. The van der Waals surface area contributed by atoms with Crippen LogP contribution in [0.2, 0.25) is 0 Å². The van der Waals surface area contributed by atoms with Crippen molar-refractivity contribution < 1.29 is 0 Å². The number of benzene rings is 1. The van der Waals surface area contributed by atoms with Crippen molar-refractivity contribution in [1.82, 2.24) is 14.4 Å². The highest BCUT2D eigenvalue weighted by Crippen LogP contribution is 2.35. The zero-order valence-corrected chi connectivity index (χ0v) is 12.7. The summed E-state index contributed by atoms with van der Waals surface area (Å²) in [5.74, 6) is 0. The third-order valence-corrected chi connectivity index (χ3v) is 5.36. The van der Waals surface area contributed by atoms with Crippen LogP contribution in [0.5, 0.6) is 0 Å². The number of rotatable bonds is 3. The molecule has 21 heavy (non-hydrogen) atoms. The second kappa shape index (κ2) is 5.14. The first-order valence-electron chi connectivity index (χ1n) is 6.54. The second-order valence-corrected chi connectivity index (χ2v) is 6.81. The second-order valence-electron chi connectivity index (χ2n) is 4.55. The lowest BCUT2D eigenvalue weighted by Gasteiger charge is -1.99. The molecule has 0 bridgehead atoms. The zero-order chi connectivity index (χ0) is 14.2. The lowest BCUT2D eigenvalue weighted by Crippen LogP contribution is -2.01. The molecule has 0 saturated heterocycles. The van der Waals surface area contributed by atoms with Crippen molar-refractivity contribution in [1.29, 1.82) is 0 Å². The van der Waals surface area contributed by atoms with E-state index in [2.05, 4.69) is 16.0 Å². The van der Waals surface area contributed by atoms with Gasteiger partial charge in [0, 0.05) is 12.7 Å². The summed E-state index contributed by atoms with van der Waals surface area (Å²) in [7, 11) is 0. The van der Waals surface area contributed by atoms with Crippen LogP contribution >= 0.6 is 23.1 Å². The maximum absolute atomic E-state index is 5.90. The third-order valence-electron chi connectivity index (χ3n) is 3.24. The van der Waals surface area contributed by atoms with Crippen LogP contribution in [0.25, 0.3) is 15.9 Å². The molecule has 0 saturated carbocycles. The number of nitrogens with zero attached hydrogens (tertiary/aromatic N) is 3. The molecule has 0 fully saturated rings. The fourth-order valence-electron chi connectivity index (χ4n) is 2.27. The summed E-state index contributed by atoms with van der Waals surface area (Å²) in [5.41, 5.74) is 8.87. The van der Waals surface area contributed by atoms with Gasteiger partial charge < -0.3 is 10.1 Å². The maximum atomic E-state index is 5.90. The normalized spacial score (nSPS) is 11.5. The average molecular weight is 312 g/mol. The molecule has 3 heterocycles. The molecular weight excluding hydrogens is 300 g/mol. The Morgan fingerprint density at radius 1 is 1.10 bits per heavy atom. The summed E-state index contributed by atoms with van der Waals surface area (Å²) in [6, 6.07) is 14.1. The molecule has 4 rings (SSSR count). The number of pyridine rings is 1. The summed E-state index contributed by atoms with van der Waals surface area (Å²) < 4.78 is 4.22. The van der Waals surface area contributed by atoms with Crippen LogP contribution in [0.1, 0.15) is 5.69 Å². The number of nitrogens with two attached hydrogens (primary N) is 1. The number of imidazole rings is 1. The van der Waals surface area contributed by atoms with Crippen molar-refractivity contribution in [2.45, 2.75) is 15.9 Å². The molecule has 0 atom stereocenters. The summed E-state index contributed by atoms with van der Waals surface area (Å²) >= 11 is 3.27. The Kier molecular flexibility index (Phi) is 3.14. The van der Waals surface area contributed by atoms with Crippen molar-refractivity contribution >= 4 is 39.0 Å². The van der Waals surface area contributed by atoms with Crippen molar-refractivity contribution in [3.05, 3.63) is 54.4 Å². The number of hydrogen-bond donors (Lipinski definition) is 1. The molecule has 0 radical (unpaired) electrons. The average Bonchev–Trinajstić information content (AvgIpc) is 3.06. The molecule has 3 aromatic heterocycles. The molecule has 6 heteroatoms. The number of para-hydroxylation sites is 1. The fourth-order valence-corrected chi connectivity index (χ4v) is 4.39. The van der Waals surface area contributed by atoms with Gasteiger partial charge in [0.1, 0.15) is 10.7 Å². The molecule has 0 spiro atoms. The summed E-state index contributed by atoms with van der Waals surface area (Å²) in [4.78, 5) is 9.31. The van der Waals surface area contributed by atoms with Crippen LogP contribution in [-0.4, -0.2) is 14.4 Å². The highest BCUT2D eigenvalue weighted by Gasteiger charge is 2.14. The van der Waals surface area contributed by atoms with Crippen molar-refractivity contribution in [3.8, 4) is 0 Å². The molecular formula is C15H12N4S2. The number of hydrogen-bond acceptors (Lipinski definition) is 5. The van der Waals surface area contributed by atoms with Gasteiger partial charge in [-0.05, 0) is 36.0 Å². The molecule has 2 N–H and O–H groups in total. The van der Waals surface area contributed by atoms with Gasteiger partial charge in [0.15, 0.2) is 4.34 Å². The van der Waals surface area contributed by atoms with Crippen LogP contribution in [-0.2, 0) is 6.54 Å². The highest BCUT2D eigenvalue weighted by molar-refractivity contribution is 8.01. The van der Waals surface area contributed by atoms with E-state index in [-0.39, 0.29) is 0 Å². The SMILES string of the molecule is NCc1c(Sc2nc3ccccc3s2)nc2ccccn12. The van der Waals surface area contributed by atoms with Gasteiger partial charge >= 0.3 is 0 Å². The Labute approximate surface area is 129 Å². The lowest BCUT2D eigenvalue weighted by atomic mass is 10.3. The number of aromatic nitrogens is 3. The summed E-state index contributed by atoms with van der Waals surface area (Å²) in [6.07, 6.45) is 1.99. The van der Waals surface area contributed by atoms with Gasteiger partial charge in [-0.15, -0.1) is 11.3 Å². The van der Waals surface area contributed by atoms with Crippen LogP contribution in [0.15, 0.2) is 58.0 Å². The molecule has 104 valence electrons. The third kappa shape index (κ3) is 2.21. The molecule has 4 aromatic rings. The smallest absolute Gasteiger partial charge is 0.157 e. The van der Waals surface area contributed by atoms with Crippen molar-refractivity contribution in [2.75, 3.05) is 0 Å². The molecule has 0 aliphatic heterocycles. The fraction of sp³-hybridized carbons (Fsp3) is 0.0667. The predicted octanol–water partition coefficient (Wildman–Crippen LogP) is 3.55. The molecule has 0 aliphatic rings. The molecule has 0 aliphatic carbocycles. The van der Waals surface area contributed by atoms with Gasteiger partial charge in [0.25, 0.3) is 0 Å². The maximum Gasteiger partial charge on any atom is 0.157 e. The standard InChI is InChI=1S/C15H12N4S2/c16-9-11-14(18-13-7-3-4-8-19(11)13)21-15-17-10-5-1-2-6-12(10)20-15/h1-8H,9,16H2. The van der Waals surface area contributed by atoms with E-state index in [1.807, 2.05) is 47.0 Å². The first-order valence-corrected chi connectivity index (χ1v) is 8.18. The van der Waals surface area contributed by atoms with Crippen LogP contribution < -0.4 is 5.73 Å². The van der Waals surface area contributed by atoms with Crippen molar-refractivity contribution in [2.24, 2.45) is 5.73 Å². The highest BCUT2D eigenvalue weighted by atomic mass is 32.2. The van der Waals surface area contributed by atoms with Crippen LogP contribution in [0, 0.1) is 0 Å². The quantitative estimate of drug-likeness (QED) is 0.628. The monoisotopic (exact) mass is 312 g/mol. The zero-order valence-electron chi connectivity index (χ0n) is 11.1. The van der Waals surface area contributed by atoms with E-state index in [9.17, 15) is 0 Å². The van der Waals surface area contributed by atoms with Gasteiger partial charge in [-0.1, -0.05) is 18.2 Å². The first kappa shape index (κ1) is 12.8. The van der Waals surface area contributed by atoms with E-state index in [4.69, 9.17) is 5.73 Å². The van der Waals surface area contributed by atoms with E-state index < -0.39 is 0 Å². The minimum absolute atomic E-state index is 0.457. The van der Waals surface area contributed by atoms with E-state index in [0.29, 0.717) is 6.54 Å². The topological polar surface area (TPSA) is 56.2 Å². The number of thiazole rings is 1. The molecule has 0 unspecified atom stereocenters. The first-order chi connectivity index (χ1) is 10.3. The minimum atomic E-state index is 0.457. The molecule has 0 amide bonds. The lowest BCUT2D eigenvalue weighted by molar-refractivity contribution is 0.920. The summed E-state index contributed by atoms with van der Waals surface area (Å²) in [6.45, 7) is 0.457. The Balaban J connectivity index is 1.79. The van der Waals surface area contributed by atoms with E-state index >= 15 is 0 Å². The Morgan fingerprint density at radius 2 is 1.95 bits per heavy atom. The Bertz CT molecular complexity index is 893. The molecule has 1 aromatic carbocycles. The van der Waals surface area contributed by atoms with Gasteiger partial charge in [-0.2, -0.15) is 0 Å². The van der Waals surface area contributed by atoms with Gasteiger partial charge in [-0.3, -0.25) is 0 Å². The molecule has 4 nitrogen and oxygen atoms in total. The van der Waals surface area contributed by atoms with Crippen LogP contribution in [0.4, 0.5) is 0 Å². The number of fused-ring (bicyclic) bond motifs is 2. The summed E-state index contributed by atoms with van der Waals surface area (Å²) in [5, 5.41) is 0.933. The van der Waals surface area contributed by atoms with E-state index in [1.165, 1.54) is 4.70 Å². The predicted molar refractivity (Wildman–Crippen MR) is 86.8 cm³/mol. The van der Waals surface area contributed by atoms with Crippen molar-refractivity contribution in [3.63, 3.8) is 0 Å². The van der Waals surface area contributed by atoms with Gasteiger partial charge in [-0.25, -0.2) is 9.97 Å². The van der Waals surface area contributed by atoms with Gasteiger partial charge in [0.2, 0.25) is 0 Å². The minimum Gasteiger partial charge on any atom is -0.325 e. The van der Waals surface area contributed by atoms with Gasteiger partial charge in [0.05, 0.1) is 15.9 Å². The van der Waals surface area contributed by atoms with E-state index in [1.54, 1.807) is 23.1 Å².